The monoisotopic (exact) mass is 570 g/mol. The summed E-state index contributed by atoms with van der Waals surface area (Å²) in [7, 11) is 3.72. The molecule has 4 aromatic rings. The van der Waals surface area contributed by atoms with E-state index in [9.17, 15) is 14.4 Å². The fraction of sp³-hybridized carbons (Fsp3) is 0.267. The van der Waals surface area contributed by atoms with Gasteiger partial charge in [0.15, 0.2) is 0 Å². The molecule has 2 aliphatic heterocycles. The Morgan fingerprint density at radius 2 is 1.85 bits per heavy atom. The number of ether oxygens (including phenoxy) is 1. The minimum absolute atomic E-state index is 0.0479. The zero-order valence-corrected chi connectivity index (χ0v) is 23.6. The van der Waals surface area contributed by atoms with Crippen molar-refractivity contribution in [1.82, 2.24) is 20.1 Å². The minimum atomic E-state index is -0.368. The molecular weight excluding hydrogens is 540 g/mol. The Morgan fingerprint density at radius 1 is 1.10 bits per heavy atom. The Labute approximate surface area is 241 Å². The van der Waals surface area contributed by atoms with Crippen molar-refractivity contribution in [3.63, 3.8) is 0 Å². The Hall–Kier alpha value is -4.48. The maximum Gasteiger partial charge on any atom is 0.331 e. The molecular formula is C30H30N6O4S. The third-order valence-electron chi connectivity index (χ3n) is 7.09. The van der Waals surface area contributed by atoms with E-state index in [1.165, 1.54) is 11.3 Å². The summed E-state index contributed by atoms with van der Waals surface area (Å²) in [6.45, 7) is 1.48. The van der Waals surface area contributed by atoms with Crippen molar-refractivity contribution < 1.29 is 19.1 Å². The highest BCUT2D eigenvalue weighted by molar-refractivity contribution is 7.21. The highest BCUT2D eigenvalue weighted by Crippen LogP contribution is 2.45. The van der Waals surface area contributed by atoms with Crippen LogP contribution >= 0.6 is 11.3 Å². The Kier molecular flexibility index (Phi) is 7.29. The number of carbonyl (C=O) groups is 3. The first kappa shape index (κ1) is 26.7. The molecule has 1 saturated heterocycles. The van der Waals surface area contributed by atoms with Gasteiger partial charge in [0.05, 0.1) is 29.0 Å². The van der Waals surface area contributed by atoms with Crippen molar-refractivity contribution in [1.29, 1.82) is 0 Å². The molecule has 11 heteroatoms. The molecule has 2 aromatic carbocycles. The standard InChI is InChI=1S/C30H30N6O4S/c1-34(2)18-24(37)35-16-6-7-19(17-35)32-28(38)27-26-25-23(14-15-31-29(25)41-27)36(30(39)33-26)20-10-12-22(13-11-20)40-21-8-4-3-5-9-21/h3-5,8-15,19H,6-7,16-18H2,1-2H3,(H,32,38)(H,33,39). The summed E-state index contributed by atoms with van der Waals surface area (Å²) < 4.78 is 5.89. The first-order valence-electron chi connectivity index (χ1n) is 13.5. The van der Waals surface area contributed by atoms with Gasteiger partial charge in [-0.2, -0.15) is 0 Å². The molecule has 2 aromatic heterocycles. The van der Waals surface area contributed by atoms with Crippen molar-refractivity contribution >= 4 is 56.5 Å². The van der Waals surface area contributed by atoms with Crippen LogP contribution in [0.1, 0.15) is 22.5 Å². The third-order valence-corrected chi connectivity index (χ3v) is 8.18. The number of aromatic nitrogens is 1. The van der Waals surface area contributed by atoms with Crippen molar-refractivity contribution in [3.05, 3.63) is 71.7 Å². The first-order valence-corrected chi connectivity index (χ1v) is 14.3. The molecule has 6 rings (SSSR count). The quantitative estimate of drug-likeness (QED) is 0.322. The van der Waals surface area contributed by atoms with E-state index in [1.807, 2.05) is 73.6 Å². The zero-order valence-electron chi connectivity index (χ0n) is 22.8. The number of hydrogen-bond donors (Lipinski definition) is 2. The van der Waals surface area contributed by atoms with Crippen LogP contribution in [0.3, 0.4) is 0 Å². The van der Waals surface area contributed by atoms with Crippen LogP contribution in [0.5, 0.6) is 11.5 Å². The van der Waals surface area contributed by atoms with Gasteiger partial charge >= 0.3 is 6.03 Å². The van der Waals surface area contributed by atoms with Crippen LogP contribution < -0.4 is 20.3 Å². The summed E-state index contributed by atoms with van der Waals surface area (Å²) in [5.41, 5.74) is 1.77. The topological polar surface area (TPSA) is 107 Å². The van der Waals surface area contributed by atoms with E-state index in [0.29, 0.717) is 52.2 Å². The predicted molar refractivity (Wildman–Crippen MR) is 159 cm³/mol. The van der Waals surface area contributed by atoms with Gasteiger partial charge < -0.3 is 25.2 Å². The molecule has 1 unspecified atom stereocenters. The van der Waals surface area contributed by atoms with E-state index in [-0.39, 0.29) is 23.9 Å². The molecule has 210 valence electrons. The van der Waals surface area contributed by atoms with Crippen LogP contribution in [-0.2, 0) is 4.79 Å². The van der Waals surface area contributed by atoms with E-state index in [2.05, 4.69) is 15.6 Å². The van der Waals surface area contributed by atoms with Gasteiger partial charge in [0, 0.05) is 25.3 Å². The van der Waals surface area contributed by atoms with Gasteiger partial charge in [-0.15, -0.1) is 11.3 Å². The van der Waals surface area contributed by atoms with E-state index in [0.717, 1.165) is 24.0 Å². The van der Waals surface area contributed by atoms with Crippen molar-refractivity contribution in [3.8, 4) is 11.5 Å². The molecule has 4 amide bonds. The number of thiophene rings is 1. The predicted octanol–water partition coefficient (Wildman–Crippen LogP) is 5.05. The second-order valence-corrected chi connectivity index (χ2v) is 11.4. The van der Waals surface area contributed by atoms with Crippen LogP contribution in [-0.4, -0.2) is 72.4 Å². The van der Waals surface area contributed by atoms with E-state index >= 15 is 0 Å². The number of piperidine rings is 1. The molecule has 2 N–H and O–H groups in total. The fourth-order valence-corrected chi connectivity index (χ4v) is 6.25. The number of benzene rings is 2. The lowest BCUT2D eigenvalue weighted by Crippen LogP contribution is -2.51. The Bertz CT molecular complexity index is 1600. The van der Waals surface area contributed by atoms with Gasteiger partial charge in [0.2, 0.25) is 5.91 Å². The minimum Gasteiger partial charge on any atom is -0.457 e. The summed E-state index contributed by atoms with van der Waals surface area (Å²) in [6.07, 6.45) is 3.24. The normalized spacial score (nSPS) is 16.6. The van der Waals surface area contributed by atoms with Gasteiger partial charge in [-0.05, 0) is 69.4 Å². The van der Waals surface area contributed by atoms with Gasteiger partial charge in [0.25, 0.3) is 5.91 Å². The van der Waals surface area contributed by atoms with Crippen molar-refractivity contribution in [2.24, 2.45) is 0 Å². The molecule has 4 heterocycles. The van der Waals surface area contributed by atoms with Crippen molar-refractivity contribution in [2.45, 2.75) is 18.9 Å². The average Bonchev–Trinajstić information content (AvgIpc) is 3.34. The summed E-state index contributed by atoms with van der Waals surface area (Å²) in [5.74, 6) is 1.14. The lowest BCUT2D eigenvalue weighted by Gasteiger charge is -2.34. The van der Waals surface area contributed by atoms with Gasteiger partial charge in [0.1, 0.15) is 21.2 Å². The number of likely N-dealkylation sites (N-methyl/N-ethyl adjacent to an activating group) is 1. The molecule has 1 fully saturated rings. The molecule has 0 bridgehead atoms. The number of likely N-dealkylation sites (tertiary alicyclic amines) is 1. The lowest BCUT2D eigenvalue weighted by molar-refractivity contribution is -0.133. The molecule has 10 nitrogen and oxygen atoms in total. The second kappa shape index (κ2) is 11.2. The molecule has 0 aliphatic carbocycles. The number of carbonyl (C=O) groups excluding carboxylic acids is 3. The number of hydrogen-bond acceptors (Lipinski definition) is 7. The molecule has 0 radical (unpaired) electrons. The number of pyridine rings is 1. The highest BCUT2D eigenvalue weighted by atomic mass is 32.1. The molecule has 41 heavy (non-hydrogen) atoms. The molecule has 0 spiro atoms. The van der Waals surface area contributed by atoms with Crippen molar-refractivity contribution in [2.75, 3.05) is 43.9 Å². The lowest BCUT2D eigenvalue weighted by atomic mass is 10.1. The summed E-state index contributed by atoms with van der Waals surface area (Å²) >= 11 is 1.25. The summed E-state index contributed by atoms with van der Waals surface area (Å²) in [5, 5.41) is 6.75. The van der Waals surface area contributed by atoms with Crippen LogP contribution in [0.4, 0.5) is 21.9 Å². The largest absolute Gasteiger partial charge is 0.457 e. The number of rotatable bonds is 7. The van der Waals surface area contributed by atoms with Crippen LogP contribution in [0.2, 0.25) is 0 Å². The number of para-hydroxylation sites is 1. The fourth-order valence-electron chi connectivity index (χ4n) is 5.23. The van der Waals surface area contributed by atoms with E-state index in [4.69, 9.17) is 4.74 Å². The average molecular weight is 571 g/mol. The number of nitrogens with zero attached hydrogens (tertiary/aromatic N) is 4. The van der Waals surface area contributed by atoms with Gasteiger partial charge in [-0.1, -0.05) is 18.2 Å². The Balaban J connectivity index is 1.23. The van der Waals surface area contributed by atoms with Crippen LogP contribution in [0.15, 0.2) is 66.9 Å². The summed E-state index contributed by atoms with van der Waals surface area (Å²) in [6, 6.07) is 18.0. The van der Waals surface area contributed by atoms with Crippen LogP contribution in [0.25, 0.3) is 10.2 Å². The Morgan fingerprint density at radius 3 is 2.61 bits per heavy atom. The number of urea groups is 1. The third kappa shape index (κ3) is 5.46. The zero-order chi connectivity index (χ0) is 28.5. The van der Waals surface area contributed by atoms with E-state index in [1.54, 1.807) is 22.1 Å². The maximum atomic E-state index is 13.5. The van der Waals surface area contributed by atoms with Gasteiger partial charge in [-0.3, -0.25) is 14.5 Å². The smallest absolute Gasteiger partial charge is 0.331 e. The first-order chi connectivity index (χ1) is 19.9. The summed E-state index contributed by atoms with van der Waals surface area (Å²) in [4.78, 5) is 50.2. The molecule has 2 aliphatic rings. The molecule has 0 saturated carbocycles. The molecule has 1 atom stereocenters. The van der Waals surface area contributed by atoms with Crippen LogP contribution in [0, 0.1) is 0 Å². The maximum absolute atomic E-state index is 13.5. The number of nitrogens with one attached hydrogen (secondary N) is 2. The van der Waals surface area contributed by atoms with E-state index < -0.39 is 0 Å². The van der Waals surface area contributed by atoms with Gasteiger partial charge in [-0.25, -0.2) is 9.78 Å². The highest BCUT2D eigenvalue weighted by Gasteiger charge is 2.34. The number of amides is 4. The second-order valence-electron chi connectivity index (χ2n) is 10.4. The number of anilines is 3. The SMILES string of the molecule is CN(C)CC(=O)N1CCCC(NC(=O)c2sc3nccc4c3c2NC(=O)N4c2ccc(Oc3ccccc3)cc2)C1.